The van der Waals surface area contributed by atoms with Gasteiger partial charge in [-0.1, -0.05) is 12.2 Å². The lowest BCUT2D eigenvalue weighted by molar-refractivity contribution is 0.475. The van der Waals surface area contributed by atoms with Gasteiger partial charge in [0.2, 0.25) is 0 Å². The molecule has 0 amide bonds. The van der Waals surface area contributed by atoms with Crippen LogP contribution in [0.25, 0.3) is 0 Å². The van der Waals surface area contributed by atoms with Gasteiger partial charge in [-0.3, -0.25) is 0 Å². The maximum atomic E-state index is 8.95. The van der Waals surface area contributed by atoms with E-state index in [0.717, 1.165) is 5.56 Å². The molecule has 2 N–H and O–H groups in total. The van der Waals surface area contributed by atoms with Crippen molar-refractivity contribution >= 4 is 17.2 Å². The van der Waals surface area contributed by atoms with Crippen LogP contribution >= 0.6 is 12.2 Å². The van der Waals surface area contributed by atoms with Gasteiger partial charge in [0, 0.05) is 12.6 Å². The molecule has 0 unspecified atom stereocenters. The third-order valence-corrected chi connectivity index (χ3v) is 1.80. The topological polar surface area (TPSA) is 32.3 Å². The second kappa shape index (κ2) is 3.34. The molecule has 0 spiro atoms. The van der Waals surface area contributed by atoms with Gasteiger partial charge >= 0.3 is 0 Å². The summed E-state index contributed by atoms with van der Waals surface area (Å²) in [6.45, 7) is 0. The third-order valence-electron chi connectivity index (χ3n) is 1.36. The smallest absolute Gasteiger partial charge is 0.115 e. The first-order valence-electron chi connectivity index (χ1n) is 3.25. The van der Waals surface area contributed by atoms with Crippen molar-refractivity contribution in [1.29, 1.82) is 0 Å². The first kappa shape index (κ1) is 8.01. The summed E-state index contributed by atoms with van der Waals surface area (Å²) in [4.78, 5) is 0.685. The lowest BCUT2D eigenvalue weighted by atomic mass is 10.2. The second-order valence-electron chi connectivity index (χ2n) is 2.13. The summed E-state index contributed by atoms with van der Waals surface area (Å²) in [5, 5.41) is 11.8. The summed E-state index contributed by atoms with van der Waals surface area (Å²) in [7, 11) is 1.77. The zero-order chi connectivity index (χ0) is 8.27. The Morgan fingerprint density at radius 1 is 1.36 bits per heavy atom. The third kappa shape index (κ3) is 1.91. The van der Waals surface area contributed by atoms with Gasteiger partial charge in [0.25, 0.3) is 0 Å². The fourth-order valence-corrected chi connectivity index (χ4v) is 0.893. The maximum Gasteiger partial charge on any atom is 0.115 e. The highest BCUT2D eigenvalue weighted by atomic mass is 32.1. The fraction of sp³-hybridized carbons (Fsp3) is 0.125. The van der Waals surface area contributed by atoms with Crippen LogP contribution in [-0.2, 0) is 0 Å². The highest BCUT2D eigenvalue weighted by Crippen LogP contribution is 2.09. The van der Waals surface area contributed by atoms with E-state index in [1.165, 1.54) is 0 Å². The molecule has 58 valence electrons. The Labute approximate surface area is 70.9 Å². The average Bonchev–Trinajstić information content (AvgIpc) is 2.05. The van der Waals surface area contributed by atoms with Gasteiger partial charge in [-0.15, -0.1) is 0 Å². The lowest BCUT2D eigenvalue weighted by Gasteiger charge is -2.01. The van der Waals surface area contributed by atoms with Crippen LogP contribution in [-0.4, -0.2) is 17.1 Å². The lowest BCUT2D eigenvalue weighted by Crippen LogP contribution is -2.15. The van der Waals surface area contributed by atoms with Gasteiger partial charge in [-0.25, -0.2) is 0 Å². The van der Waals surface area contributed by atoms with Crippen LogP contribution in [0.3, 0.4) is 0 Å². The molecule has 0 saturated heterocycles. The first-order chi connectivity index (χ1) is 5.24. The predicted octanol–water partition coefficient (Wildman–Crippen LogP) is 1.29. The van der Waals surface area contributed by atoms with Crippen molar-refractivity contribution in [3.8, 4) is 5.75 Å². The van der Waals surface area contributed by atoms with E-state index >= 15 is 0 Å². The zero-order valence-corrected chi connectivity index (χ0v) is 6.98. The Kier molecular flexibility index (Phi) is 2.44. The standard InChI is InChI=1S/C8H9NOS/c1-9-8(11)6-2-4-7(10)5-3-6/h2-5,10H,1H3,(H,9,11). The van der Waals surface area contributed by atoms with Gasteiger partial charge in [0.15, 0.2) is 0 Å². The van der Waals surface area contributed by atoms with Crippen LogP contribution in [0.15, 0.2) is 24.3 Å². The van der Waals surface area contributed by atoms with E-state index in [0.29, 0.717) is 4.99 Å². The van der Waals surface area contributed by atoms with Crippen LogP contribution in [0.2, 0.25) is 0 Å². The zero-order valence-electron chi connectivity index (χ0n) is 6.16. The highest BCUT2D eigenvalue weighted by molar-refractivity contribution is 7.80. The minimum absolute atomic E-state index is 0.257. The van der Waals surface area contributed by atoms with Crippen molar-refractivity contribution in [1.82, 2.24) is 5.32 Å². The normalized spacial score (nSPS) is 9.18. The summed E-state index contributed by atoms with van der Waals surface area (Å²) >= 11 is 4.97. The van der Waals surface area contributed by atoms with Crippen molar-refractivity contribution in [2.45, 2.75) is 0 Å². The Morgan fingerprint density at radius 3 is 2.36 bits per heavy atom. The Hall–Kier alpha value is -1.09. The molecule has 3 heteroatoms. The number of phenolic OH excluding ortho intramolecular Hbond substituents is 1. The molecule has 0 radical (unpaired) electrons. The van der Waals surface area contributed by atoms with E-state index < -0.39 is 0 Å². The molecule has 0 saturated carbocycles. The molecule has 0 bridgehead atoms. The first-order valence-corrected chi connectivity index (χ1v) is 3.66. The van der Waals surface area contributed by atoms with Crippen LogP contribution in [0.1, 0.15) is 5.56 Å². The molecule has 0 heterocycles. The summed E-state index contributed by atoms with van der Waals surface area (Å²) < 4.78 is 0. The molecule has 11 heavy (non-hydrogen) atoms. The van der Waals surface area contributed by atoms with E-state index in [-0.39, 0.29) is 5.75 Å². The van der Waals surface area contributed by atoms with E-state index in [9.17, 15) is 0 Å². The molecule has 1 rings (SSSR count). The second-order valence-corrected chi connectivity index (χ2v) is 2.53. The summed E-state index contributed by atoms with van der Waals surface area (Å²) in [6.07, 6.45) is 0. The quantitative estimate of drug-likeness (QED) is 0.618. The monoisotopic (exact) mass is 167 g/mol. The molecule has 2 nitrogen and oxygen atoms in total. The molecular formula is C8H9NOS. The van der Waals surface area contributed by atoms with Crippen molar-refractivity contribution in [2.75, 3.05) is 7.05 Å². The highest BCUT2D eigenvalue weighted by Gasteiger charge is 1.96. The molecule has 1 aromatic rings. The fourth-order valence-electron chi connectivity index (χ4n) is 0.757. The molecule has 0 aliphatic rings. The van der Waals surface area contributed by atoms with Crippen molar-refractivity contribution in [3.63, 3.8) is 0 Å². The van der Waals surface area contributed by atoms with E-state index in [1.54, 1.807) is 31.3 Å². The van der Waals surface area contributed by atoms with Gasteiger partial charge in [-0.05, 0) is 24.3 Å². The Balaban J connectivity index is 2.90. The molecule has 0 atom stereocenters. The molecule has 0 fully saturated rings. The average molecular weight is 167 g/mol. The summed E-state index contributed by atoms with van der Waals surface area (Å²) in [6, 6.07) is 6.76. The van der Waals surface area contributed by atoms with Gasteiger partial charge in [-0.2, -0.15) is 0 Å². The number of benzene rings is 1. The summed E-state index contributed by atoms with van der Waals surface area (Å²) in [5.41, 5.74) is 0.917. The number of hydrogen-bond acceptors (Lipinski definition) is 2. The Morgan fingerprint density at radius 2 is 1.91 bits per heavy atom. The van der Waals surface area contributed by atoms with Crippen molar-refractivity contribution in [3.05, 3.63) is 29.8 Å². The maximum absolute atomic E-state index is 8.95. The molecule has 0 aliphatic heterocycles. The SMILES string of the molecule is CNC(=S)c1ccc(O)cc1. The minimum atomic E-state index is 0.257. The molecular weight excluding hydrogens is 158 g/mol. The number of hydrogen-bond donors (Lipinski definition) is 2. The van der Waals surface area contributed by atoms with Crippen molar-refractivity contribution < 1.29 is 5.11 Å². The molecule has 0 aromatic heterocycles. The summed E-state index contributed by atoms with van der Waals surface area (Å²) in [5.74, 6) is 0.257. The van der Waals surface area contributed by atoms with Crippen molar-refractivity contribution in [2.24, 2.45) is 0 Å². The van der Waals surface area contributed by atoms with E-state index in [4.69, 9.17) is 17.3 Å². The van der Waals surface area contributed by atoms with Crippen LogP contribution in [0, 0.1) is 0 Å². The van der Waals surface area contributed by atoms with Gasteiger partial charge in [0.1, 0.15) is 10.7 Å². The molecule has 0 aliphatic carbocycles. The minimum Gasteiger partial charge on any atom is -0.508 e. The van der Waals surface area contributed by atoms with Gasteiger partial charge in [0.05, 0.1) is 0 Å². The number of aromatic hydroxyl groups is 1. The van der Waals surface area contributed by atoms with Gasteiger partial charge < -0.3 is 10.4 Å². The van der Waals surface area contributed by atoms with Crippen LogP contribution < -0.4 is 5.32 Å². The Bertz CT molecular complexity index is 255. The van der Waals surface area contributed by atoms with Crippen LogP contribution in [0.5, 0.6) is 5.75 Å². The number of rotatable bonds is 1. The number of thiocarbonyl (C=S) groups is 1. The number of phenols is 1. The van der Waals surface area contributed by atoms with Crippen LogP contribution in [0.4, 0.5) is 0 Å². The number of nitrogens with one attached hydrogen (secondary N) is 1. The predicted molar refractivity (Wildman–Crippen MR) is 48.9 cm³/mol. The van der Waals surface area contributed by atoms with E-state index in [1.807, 2.05) is 0 Å². The molecule has 1 aromatic carbocycles. The van der Waals surface area contributed by atoms with E-state index in [2.05, 4.69) is 5.32 Å². The largest absolute Gasteiger partial charge is 0.508 e.